The zero-order valence-corrected chi connectivity index (χ0v) is 15.7. The predicted molar refractivity (Wildman–Crippen MR) is 101 cm³/mol. The second kappa shape index (κ2) is 12.9. The Morgan fingerprint density at radius 1 is 1.04 bits per heavy atom. The Hall–Kier alpha value is -2.37. The zero-order valence-electron chi connectivity index (χ0n) is 15.7. The van der Waals surface area contributed by atoms with Crippen LogP contribution in [0, 0.1) is 0 Å². The Balaban J connectivity index is 2.56. The minimum absolute atomic E-state index is 0.141. The van der Waals surface area contributed by atoms with E-state index >= 15 is 0 Å². The summed E-state index contributed by atoms with van der Waals surface area (Å²) in [6, 6.07) is 8.11. The predicted octanol–water partition coefficient (Wildman–Crippen LogP) is 3.35. The van der Waals surface area contributed by atoms with Crippen LogP contribution in [-0.4, -0.2) is 30.4 Å². The van der Waals surface area contributed by atoms with Crippen LogP contribution in [0.3, 0.4) is 0 Å². The number of nitrogens with one attached hydrogen (secondary N) is 2. The molecule has 0 fully saturated rings. The molecule has 0 radical (unpaired) electrons. The molecule has 6 nitrogen and oxygen atoms in total. The largest absolute Gasteiger partial charge is 0.445 e. The summed E-state index contributed by atoms with van der Waals surface area (Å²) >= 11 is 0. The van der Waals surface area contributed by atoms with Crippen molar-refractivity contribution in [3.05, 3.63) is 35.9 Å². The summed E-state index contributed by atoms with van der Waals surface area (Å²) in [7, 11) is 0. The number of unbranched alkanes of at least 4 members (excludes halogenated alkanes) is 2. The molecule has 2 N–H and O–H groups in total. The van der Waals surface area contributed by atoms with Gasteiger partial charge in [-0.1, -0.05) is 69.9 Å². The fourth-order valence-corrected chi connectivity index (χ4v) is 2.47. The van der Waals surface area contributed by atoms with Crippen LogP contribution in [0.15, 0.2) is 30.3 Å². The molecule has 1 aromatic carbocycles. The molecule has 2 atom stereocenters. The highest BCUT2D eigenvalue weighted by Crippen LogP contribution is 2.05. The highest BCUT2D eigenvalue weighted by atomic mass is 16.5. The van der Waals surface area contributed by atoms with Gasteiger partial charge in [0.1, 0.15) is 18.9 Å². The second-order valence-electron chi connectivity index (χ2n) is 6.29. The second-order valence-corrected chi connectivity index (χ2v) is 6.29. The first-order valence-electron chi connectivity index (χ1n) is 9.33. The normalized spacial score (nSPS) is 12.7. The van der Waals surface area contributed by atoms with Gasteiger partial charge in [0.2, 0.25) is 5.91 Å². The van der Waals surface area contributed by atoms with Crippen molar-refractivity contribution in [3.8, 4) is 0 Å². The number of aldehydes is 1. The summed E-state index contributed by atoms with van der Waals surface area (Å²) in [5.41, 5.74) is 0.873. The van der Waals surface area contributed by atoms with E-state index in [9.17, 15) is 14.4 Å². The smallest absolute Gasteiger partial charge is 0.408 e. The van der Waals surface area contributed by atoms with Gasteiger partial charge in [0, 0.05) is 0 Å². The number of rotatable bonds is 12. The molecule has 0 unspecified atom stereocenters. The maximum Gasteiger partial charge on any atom is 0.408 e. The maximum absolute atomic E-state index is 12.5. The molecule has 0 spiro atoms. The summed E-state index contributed by atoms with van der Waals surface area (Å²) in [4.78, 5) is 35.6. The molecule has 0 heterocycles. The molecule has 0 saturated carbocycles. The van der Waals surface area contributed by atoms with Gasteiger partial charge in [-0.3, -0.25) is 4.79 Å². The molecule has 0 bridgehead atoms. The van der Waals surface area contributed by atoms with Crippen molar-refractivity contribution < 1.29 is 19.1 Å². The van der Waals surface area contributed by atoms with Crippen LogP contribution in [0.1, 0.15) is 57.9 Å². The molecule has 26 heavy (non-hydrogen) atoms. The molecule has 0 aromatic heterocycles. The van der Waals surface area contributed by atoms with Crippen molar-refractivity contribution in [2.75, 3.05) is 0 Å². The molecule has 1 aromatic rings. The van der Waals surface area contributed by atoms with Gasteiger partial charge in [-0.15, -0.1) is 0 Å². The summed E-state index contributed by atoms with van der Waals surface area (Å²) in [5.74, 6) is -0.344. The number of hydrogen-bond acceptors (Lipinski definition) is 4. The molecule has 0 aliphatic carbocycles. The first kappa shape index (κ1) is 21.7. The number of alkyl carbamates (subject to hydrolysis) is 1. The van der Waals surface area contributed by atoms with Crippen molar-refractivity contribution in [2.45, 2.75) is 71.1 Å². The third-order valence-electron chi connectivity index (χ3n) is 4.03. The van der Waals surface area contributed by atoms with Gasteiger partial charge in [0.05, 0.1) is 6.04 Å². The van der Waals surface area contributed by atoms with E-state index in [4.69, 9.17) is 4.74 Å². The van der Waals surface area contributed by atoms with Crippen molar-refractivity contribution >= 4 is 18.3 Å². The lowest BCUT2D eigenvalue weighted by Gasteiger charge is -2.20. The van der Waals surface area contributed by atoms with Crippen molar-refractivity contribution in [1.29, 1.82) is 0 Å². The summed E-state index contributed by atoms with van der Waals surface area (Å²) in [6.45, 7) is 4.18. The lowest BCUT2D eigenvalue weighted by molar-refractivity contribution is -0.126. The van der Waals surface area contributed by atoms with Crippen molar-refractivity contribution in [3.63, 3.8) is 0 Å². The van der Waals surface area contributed by atoms with Crippen LogP contribution in [0.25, 0.3) is 0 Å². The van der Waals surface area contributed by atoms with Crippen molar-refractivity contribution in [1.82, 2.24) is 10.6 Å². The van der Waals surface area contributed by atoms with E-state index in [1.807, 2.05) is 44.2 Å². The molecular formula is C20H30N2O4. The van der Waals surface area contributed by atoms with Crippen LogP contribution in [0.5, 0.6) is 0 Å². The molecule has 0 aliphatic heterocycles. The molecule has 1 rings (SSSR count). The summed E-state index contributed by atoms with van der Waals surface area (Å²) < 4.78 is 5.19. The fourth-order valence-electron chi connectivity index (χ4n) is 2.47. The number of ether oxygens (including phenoxy) is 1. The van der Waals surface area contributed by atoms with E-state index < -0.39 is 18.2 Å². The Kier molecular flexibility index (Phi) is 10.8. The first-order valence-corrected chi connectivity index (χ1v) is 9.33. The molecule has 2 amide bonds. The van der Waals surface area contributed by atoms with Gasteiger partial charge in [-0.2, -0.15) is 0 Å². The van der Waals surface area contributed by atoms with Crippen LogP contribution in [-0.2, 0) is 20.9 Å². The van der Waals surface area contributed by atoms with E-state index in [0.717, 1.165) is 37.5 Å². The maximum atomic E-state index is 12.5. The van der Waals surface area contributed by atoms with E-state index in [1.54, 1.807) is 0 Å². The number of benzene rings is 1. The Labute approximate surface area is 155 Å². The SMILES string of the molecule is CCCC[C@@H](C=O)NC(=O)[C@H](CCCC)NC(=O)OCc1ccccc1. The van der Waals surface area contributed by atoms with Crippen LogP contribution in [0.4, 0.5) is 4.79 Å². The van der Waals surface area contributed by atoms with Gasteiger partial charge in [0.25, 0.3) is 0 Å². The quantitative estimate of drug-likeness (QED) is 0.559. The van der Waals surface area contributed by atoms with Crippen LogP contribution < -0.4 is 10.6 Å². The minimum atomic E-state index is -0.706. The molecule has 0 aliphatic rings. The van der Waals surface area contributed by atoms with Gasteiger partial charge in [-0.05, 0) is 18.4 Å². The zero-order chi connectivity index (χ0) is 19.2. The number of amides is 2. The number of carbonyl (C=O) groups is 3. The van der Waals surface area contributed by atoms with Gasteiger partial charge in [0.15, 0.2) is 0 Å². The average molecular weight is 362 g/mol. The number of hydrogen-bond donors (Lipinski definition) is 2. The Morgan fingerprint density at radius 2 is 1.69 bits per heavy atom. The van der Waals surface area contributed by atoms with Gasteiger partial charge >= 0.3 is 6.09 Å². The Bertz CT molecular complexity index is 548. The third-order valence-corrected chi connectivity index (χ3v) is 4.03. The minimum Gasteiger partial charge on any atom is -0.445 e. The highest BCUT2D eigenvalue weighted by Gasteiger charge is 2.23. The molecule has 0 saturated heterocycles. The van der Waals surface area contributed by atoms with E-state index in [2.05, 4.69) is 10.6 Å². The standard InChI is InChI=1S/C20H30N2O4/c1-3-5-12-17(14-23)21-19(24)18(13-6-4-2)22-20(25)26-15-16-10-8-7-9-11-16/h7-11,14,17-18H,3-6,12-13,15H2,1-2H3,(H,21,24)(H,22,25)/t17-,18-/m0/s1. The lowest BCUT2D eigenvalue weighted by atomic mass is 10.1. The van der Waals surface area contributed by atoms with E-state index in [-0.39, 0.29) is 12.5 Å². The fraction of sp³-hybridized carbons (Fsp3) is 0.550. The first-order chi connectivity index (χ1) is 12.6. The summed E-state index contributed by atoms with van der Waals surface area (Å²) in [6.07, 6.45) is 4.71. The third kappa shape index (κ3) is 8.65. The monoisotopic (exact) mass is 362 g/mol. The summed E-state index contributed by atoms with van der Waals surface area (Å²) in [5, 5.41) is 5.33. The van der Waals surface area contributed by atoms with Crippen LogP contribution in [0.2, 0.25) is 0 Å². The lowest BCUT2D eigenvalue weighted by Crippen LogP contribution is -2.50. The van der Waals surface area contributed by atoms with Crippen LogP contribution >= 0.6 is 0 Å². The van der Waals surface area contributed by atoms with E-state index in [1.165, 1.54) is 0 Å². The molecule has 144 valence electrons. The molecular weight excluding hydrogens is 332 g/mol. The number of carbonyl (C=O) groups excluding carboxylic acids is 3. The van der Waals surface area contributed by atoms with Gasteiger partial charge < -0.3 is 20.2 Å². The Morgan fingerprint density at radius 3 is 2.31 bits per heavy atom. The van der Waals surface area contributed by atoms with E-state index in [0.29, 0.717) is 12.8 Å². The molecule has 6 heteroatoms. The van der Waals surface area contributed by atoms with Gasteiger partial charge in [-0.25, -0.2) is 4.79 Å². The highest BCUT2D eigenvalue weighted by molar-refractivity contribution is 5.87. The van der Waals surface area contributed by atoms with Crippen molar-refractivity contribution in [2.24, 2.45) is 0 Å². The average Bonchev–Trinajstić information content (AvgIpc) is 2.67. The topological polar surface area (TPSA) is 84.5 Å².